The van der Waals surface area contributed by atoms with E-state index in [0.717, 1.165) is 47.2 Å². The molecule has 0 saturated carbocycles. The van der Waals surface area contributed by atoms with Crippen molar-refractivity contribution in [3.8, 4) is 10.6 Å². The summed E-state index contributed by atoms with van der Waals surface area (Å²) >= 11 is 2.87. The molecule has 1 atom stereocenters. The predicted molar refractivity (Wildman–Crippen MR) is 109 cm³/mol. The first-order valence-electron chi connectivity index (χ1n) is 9.06. The van der Waals surface area contributed by atoms with Crippen molar-refractivity contribution in [3.05, 3.63) is 40.7 Å². The summed E-state index contributed by atoms with van der Waals surface area (Å²) in [4.78, 5) is 9.84. The Labute approximate surface area is 167 Å². The first-order chi connectivity index (χ1) is 13.0. The van der Waals surface area contributed by atoms with Crippen LogP contribution >= 0.6 is 22.7 Å². The third-order valence-electron chi connectivity index (χ3n) is 4.86. The average molecular weight is 423 g/mol. The van der Waals surface area contributed by atoms with Gasteiger partial charge in [0.1, 0.15) is 10.0 Å². The van der Waals surface area contributed by atoms with Crippen molar-refractivity contribution in [2.24, 2.45) is 0 Å². The molecular weight excluding hydrogens is 400 g/mol. The maximum atomic E-state index is 13.4. The van der Waals surface area contributed by atoms with Crippen molar-refractivity contribution in [1.29, 1.82) is 0 Å². The summed E-state index contributed by atoms with van der Waals surface area (Å²) in [5, 5.41) is 2.95. The molecule has 9 heteroatoms. The van der Waals surface area contributed by atoms with E-state index in [-0.39, 0.29) is 6.04 Å². The number of piperidine rings is 1. The van der Waals surface area contributed by atoms with E-state index in [1.165, 1.54) is 11.3 Å². The number of aromatic nitrogens is 3. The zero-order valence-corrected chi connectivity index (χ0v) is 17.8. The Kier molecular flexibility index (Phi) is 5.19. The van der Waals surface area contributed by atoms with E-state index in [4.69, 9.17) is 0 Å². The Hall–Kier alpha value is -1.55. The fourth-order valence-corrected chi connectivity index (χ4v) is 7.26. The first-order valence-corrected chi connectivity index (χ1v) is 12.2. The second kappa shape index (κ2) is 7.46. The van der Waals surface area contributed by atoms with Gasteiger partial charge in [0.05, 0.1) is 21.6 Å². The minimum absolute atomic E-state index is 0.203. The third-order valence-corrected chi connectivity index (χ3v) is 9.11. The van der Waals surface area contributed by atoms with Gasteiger partial charge in [0, 0.05) is 30.9 Å². The number of hydrogen-bond donors (Lipinski definition) is 0. The van der Waals surface area contributed by atoms with Crippen LogP contribution in [0.4, 0.5) is 0 Å². The van der Waals surface area contributed by atoms with Crippen molar-refractivity contribution in [2.45, 2.75) is 49.9 Å². The number of aryl methyl sites for hydroxylation is 2. The van der Waals surface area contributed by atoms with Crippen molar-refractivity contribution >= 4 is 32.7 Å². The summed E-state index contributed by atoms with van der Waals surface area (Å²) in [7, 11) is -3.57. The predicted octanol–water partition coefficient (Wildman–Crippen LogP) is 4.31. The standard InChI is InChI=1S/C18H22N4O2S3/c1-3-21-11-9-19-18(21)15-6-4-5-10-22(15)27(23,24)17-8-7-16(26-17)14-12-25-13(2)20-14/h7-9,11-12,15H,3-6,10H2,1-2H3. The summed E-state index contributed by atoms with van der Waals surface area (Å²) < 4.78 is 30.9. The maximum absolute atomic E-state index is 13.4. The van der Waals surface area contributed by atoms with Crippen LogP contribution in [0.25, 0.3) is 10.6 Å². The summed E-state index contributed by atoms with van der Waals surface area (Å²) in [5.41, 5.74) is 0.848. The molecule has 0 bridgehead atoms. The van der Waals surface area contributed by atoms with Gasteiger partial charge in [-0.1, -0.05) is 6.42 Å². The maximum Gasteiger partial charge on any atom is 0.253 e. The van der Waals surface area contributed by atoms with E-state index in [1.54, 1.807) is 27.9 Å². The van der Waals surface area contributed by atoms with Gasteiger partial charge in [-0.3, -0.25) is 0 Å². The number of thiazole rings is 1. The molecule has 0 spiro atoms. The van der Waals surface area contributed by atoms with E-state index >= 15 is 0 Å². The first kappa shape index (κ1) is 18.8. The lowest BCUT2D eigenvalue weighted by atomic mass is 10.0. The summed E-state index contributed by atoms with van der Waals surface area (Å²) in [5.74, 6) is 0.840. The number of nitrogens with zero attached hydrogens (tertiary/aromatic N) is 4. The lowest BCUT2D eigenvalue weighted by molar-refractivity contribution is 0.242. The van der Waals surface area contributed by atoms with Gasteiger partial charge < -0.3 is 4.57 Å². The van der Waals surface area contributed by atoms with Gasteiger partial charge in [0.15, 0.2) is 0 Å². The highest BCUT2D eigenvalue weighted by molar-refractivity contribution is 7.91. The molecule has 0 aromatic carbocycles. The van der Waals surface area contributed by atoms with Gasteiger partial charge >= 0.3 is 0 Å². The van der Waals surface area contributed by atoms with E-state index in [9.17, 15) is 8.42 Å². The molecule has 4 heterocycles. The van der Waals surface area contributed by atoms with Gasteiger partial charge in [0.25, 0.3) is 10.0 Å². The van der Waals surface area contributed by atoms with Crippen LogP contribution in [0.15, 0.2) is 34.1 Å². The molecule has 0 radical (unpaired) electrons. The molecule has 1 saturated heterocycles. The Morgan fingerprint density at radius 3 is 2.89 bits per heavy atom. The van der Waals surface area contributed by atoms with Gasteiger partial charge in [-0.15, -0.1) is 22.7 Å². The van der Waals surface area contributed by atoms with Crippen molar-refractivity contribution < 1.29 is 8.42 Å². The van der Waals surface area contributed by atoms with E-state index in [2.05, 4.69) is 9.97 Å². The molecular formula is C18H22N4O2S3. The molecule has 4 rings (SSSR count). The highest BCUT2D eigenvalue weighted by Gasteiger charge is 2.37. The second-order valence-corrected chi connectivity index (χ2v) is 10.8. The zero-order valence-electron chi connectivity index (χ0n) is 15.3. The fourth-order valence-electron chi connectivity index (χ4n) is 3.52. The van der Waals surface area contributed by atoms with Crippen molar-refractivity contribution in [3.63, 3.8) is 0 Å². The average Bonchev–Trinajstić information content (AvgIpc) is 3.41. The number of sulfonamides is 1. The van der Waals surface area contributed by atoms with Crippen LogP contribution in [0.5, 0.6) is 0 Å². The molecule has 3 aromatic rings. The number of thiophene rings is 1. The molecule has 1 unspecified atom stereocenters. The minimum Gasteiger partial charge on any atom is -0.334 e. The molecule has 0 N–H and O–H groups in total. The smallest absolute Gasteiger partial charge is 0.253 e. The lowest BCUT2D eigenvalue weighted by Crippen LogP contribution is -2.39. The van der Waals surface area contributed by atoms with Crippen LogP contribution in [-0.2, 0) is 16.6 Å². The normalized spacial score (nSPS) is 18.8. The Morgan fingerprint density at radius 1 is 1.30 bits per heavy atom. The summed E-state index contributed by atoms with van der Waals surface area (Å²) in [6.45, 7) is 5.32. The van der Waals surface area contributed by atoms with Gasteiger partial charge in [-0.25, -0.2) is 18.4 Å². The zero-order chi connectivity index (χ0) is 19.0. The molecule has 1 aliphatic heterocycles. The largest absolute Gasteiger partial charge is 0.334 e. The van der Waals surface area contributed by atoms with Crippen LogP contribution in [0.3, 0.4) is 0 Å². The molecule has 0 aliphatic carbocycles. The van der Waals surface area contributed by atoms with Crippen LogP contribution in [0.1, 0.15) is 43.1 Å². The number of imidazole rings is 1. The molecule has 1 fully saturated rings. The molecule has 3 aromatic heterocycles. The van der Waals surface area contributed by atoms with Crippen molar-refractivity contribution in [1.82, 2.24) is 18.8 Å². The second-order valence-electron chi connectivity index (χ2n) is 6.57. The van der Waals surface area contributed by atoms with Crippen LogP contribution in [-0.4, -0.2) is 33.8 Å². The Bertz CT molecular complexity index is 1030. The van der Waals surface area contributed by atoms with Crippen LogP contribution < -0.4 is 0 Å². The van der Waals surface area contributed by atoms with Crippen LogP contribution in [0, 0.1) is 6.92 Å². The van der Waals surface area contributed by atoms with Gasteiger partial charge in [-0.2, -0.15) is 4.31 Å². The Balaban J connectivity index is 1.68. The van der Waals surface area contributed by atoms with E-state index in [0.29, 0.717) is 10.8 Å². The number of rotatable bonds is 5. The van der Waals surface area contributed by atoms with Gasteiger partial charge in [-0.05, 0) is 38.8 Å². The fraction of sp³-hybridized carbons (Fsp3) is 0.444. The lowest BCUT2D eigenvalue weighted by Gasteiger charge is -2.34. The highest BCUT2D eigenvalue weighted by atomic mass is 32.2. The van der Waals surface area contributed by atoms with E-state index < -0.39 is 10.0 Å². The molecule has 6 nitrogen and oxygen atoms in total. The highest BCUT2D eigenvalue weighted by Crippen LogP contribution is 2.38. The molecule has 0 amide bonds. The summed E-state index contributed by atoms with van der Waals surface area (Å²) in [6.07, 6.45) is 6.38. The third kappa shape index (κ3) is 3.49. The van der Waals surface area contributed by atoms with Crippen LogP contribution in [0.2, 0.25) is 0 Å². The SMILES string of the molecule is CCn1ccnc1C1CCCCN1S(=O)(=O)c1ccc(-c2csc(C)n2)s1. The topological polar surface area (TPSA) is 68.1 Å². The molecule has 144 valence electrons. The minimum atomic E-state index is -3.57. The number of hydrogen-bond acceptors (Lipinski definition) is 6. The Morgan fingerprint density at radius 2 is 2.15 bits per heavy atom. The molecule has 27 heavy (non-hydrogen) atoms. The van der Waals surface area contributed by atoms with Crippen molar-refractivity contribution in [2.75, 3.05) is 6.54 Å². The quantitative estimate of drug-likeness (QED) is 0.614. The monoisotopic (exact) mass is 422 g/mol. The molecule has 1 aliphatic rings. The van der Waals surface area contributed by atoms with Gasteiger partial charge in [0.2, 0.25) is 0 Å². The van der Waals surface area contributed by atoms with E-state index in [1.807, 2.05) is 36.1 Å². The summed E-state index contributed by atoms with van der Waals surface area (Å²) in [6, 6.07) is 3.37.